The number of carbonyl (C=O) groups excluding carboxylic acids is 2. The number of anilines is 1. The number of hydrogen-bond acceptors (Lipinski definition) is 3. The second-order valence-electron chi connectivity index (χ2n) is 3.28. The van der Waals surface area contributed by atoms with E-state index in [1.54, 1.807) is 24.3 Å². The first kappa shape index (κ1) is 12.3. The van der Waals surface area contributed by atoms with Crippen LogP contribution in [0.5, 0.6) is 5.75 Å². The molecule has 0 aliphatic carbocycles. The van der Waals surface area contributed by atoms with Gasteiger partial charge < -0.3 is 4.74 Å². The van der Waals surface area contributed by atoms with Crippen molar-refractivity contribution in [1.29, 1.82) is 0 Å². The minimum atomic E-state index is -0.393. The molecule has 0 spiro atoms. The van der Waals surface area contributed by atoms with E-state index in [2.05, 4.69) is 31.9 Å². The normalized spacial score (nSPS) is 15.8. The Kier molecular flexibility index (Phi) is 3.35. The van der Waals surface area contributed by atoms with Gasteiger partial charge in [-0.05, 0) is 44.0 Å². The third kappa shape index (κ3) is 2.02. The van der Waals surface area contributed by atoms with E-state index in [0.717, 1.165) is 4.90 Å². The molecular formula is C11H7Br2NO3. The van der Waals surface area contributed by atoms with E-state index in [1.165, 1.54) is 7.11 Å². The molecule has 1 aliphatic heterocycles. The van der Waals surface area contributed by atoms with Gasteiger partial charge in [-0.1, -0.05) is 6.07 Å². The maximum absolute atomic E-state index is 11.9. The Labute approximate surface area is 114 Å². The highest BCUT2D eigenvalue weighted by molar-refractivity contribution is 9.14. The molecule has 1 aliphatic rings. The topological polar surface area (TPSA) is 46.6 Å². The number of benzene rings is 1. The third-order valence-electron chi connectivity index (χ3n) is 2.29. The number of imide groups is 1. The fourth-order valence-electron chi connectivity index (χ4n) is 1.46. The van der Waals surface area contributed by atoms with Crippen LogP contribution in [0.15, 0.2) is 33.2 Å². The molecule has 0 bridgehead atoms. The van der Waals surface area contributed by atoms with Gasteiger partial charge in [-0.25, -0.2) is 4.90 Å². The van der Waals surface area contributed by atoms with E-state index < -0.39 is 11.8 Å². The number of rotatable bonds is 2. The van der Waals surface area contributed by atoms with Crippen molar-refractivity contribution in [2.45, 2.75) is 0 Å². The minimum Gasteiger partial charge on any atom is -0.497 e. The van der Waals surface area contributed by atoms with Crippen molar-refractivity contribution in [3.63, 3.8) is 0 Å². The fraction of sp³-hybridized carbons (Fsp3) is 0.0909. The summed E-state index contributed by atoms with van der Waals surface area (Å²) in [7, 11) is 1.52. The molecule has 0 atom stereocenters. The fourth-order valence-corrected chi connectivity index (χ4v) is 2.15. The van der Waals surface area contributed by atoms with Crippen LogP contribution >= 0.6 is 31.9 Å². The Morgan fingerprint density at radius 3 is 2.24 bits per heavy atom. The van der Waals surface area contributed by atoms with Gasteiger partial charge in [0.1, 0.15) is 14.7 Å². The smallest absolute Gasteiger partial charge is 0.273 e. The monoisotopic (exact) mass is 359 g/mol. The summed E-state index contributed by atoms with van der Waals surface area (Å²) in [6.07, 6.45) is 0. The van der Waals surface area contributed by atoms with Crippen LogP contribution in [0.2, 0.25) is 0 Å². The maximum Gasteiger partial charge on any atom is 0.273 e. The molecular weight excluding hydrogens is 354 g/mol. The number of amides is 2. The SMILES string of the molecule is COc1cccc(N2C(=O)C(Br)=C(Br)C2=O)c1. The van der Waals surface area contributed by atoms with Gasteiger partial charge in [0.2, 0.25) is 0 Å². The van der Waals surface area contributed by atoms with Gasteiger partial charge >= 0.3 is 0 Å². The maximum atomic E-state index is 11.9. The zero-order valence-corrected chi connectivity index (χ0v) is 11.9. The number of methoxy groups -OCH3 is 1. The lowest BCUT2D eigenvalue weighted by Crippen LogP contribution is -2.30. The molecule has 1 aromatic carbocycles. The van der Waals surface area contributed by atoms with Crippen LogP contribution in [0.4, 0.5) is 5.69 Å². The van der Waals surface area contributed by atoms with Crippen molar-refractivity contribution in [1.82, 2.24) is 0 Å². The van der Waals surface area contributed by atoms with Crippen LogP contribution < -0.4 is 9.64 Å². The molecule has 2 amide bonds. The molecule has 0 radical (unpaired) electrons. The van der Waals surface area contributed by atoms with Gasteiger partial charge in [-0.15, -0.1) is 0 Å². The summed E-state index contributed by atoms with van der Waals surface area (Å²) in [5, 5.41) is 0. The molecule has 0 saturated heterocycles. The highest BCUT2D eigenvalue weighted by Crippen LogP contribution is 2.34. The zero-order chi connectivity index (χ0) is 12.6. The second-order valence-corrected chi connectivity index (χ2v) is 4.86. The van der Waals surface area contributed by atoms with Gasteiger partial charge in [0, 0.05) is 6.07 Å². The molecule has 1 aromatic rings. The van der Waals surface area contributed by atoms with E-state index in [9.17, 15) is 9.59 Å². The average Bonchev–Trinajstić information content (AvgIpc) is 2.54. The van der Waals surface area contributed by atoms with Gasteiger partial charge in [0.15, 0.2) is 0 Å². The molecule has 0 unspecified atom stereocenters. The molecule has 0 fully saturated rings. The first-order valence-electron chi connectivity index (χ1n) is 4.64. The van der Waals surface area contributed by atoms with Crippen LogP contribution in [0.3, 0.4) is 0 Å². The minimum absolute atomic E-state index is 0.227. The summed E-state index contributed by atoms with van der Waals surface area (Å²) in [5.74, 6) is -0.201. The third-order valence-corrected chi connectivity index (χ3v) is 4.29. The molecule has 2 rings (SSSR count). The van der Waals surface area contributed by atoms with Crippen LogP contribution in [-0.2, 0) is 9.59 Å². The Morgan fingerprint density at radius 1 is 1.12 bits per heavy atom. The number of hydrogen-bond donors (Lipinski definition) is 0. The predicted octanol–water partition coefficient (Wildman–Crippen LogP) is 2.57. The lowest BCUT2D eigenvalue weighted by molar-refractivity contribution is -0.120. The van der Waals surface area contributed by atoms with Crippen molar-refractivity contribution < 1.29 is 14.3 Å². The van der Waals surface area contributed by atoms with Crippen molar-refractivity contribution in [2.24, 2.45) is 0 Å². The Balaban J connectivity index is 2.43. The zero-order valence-electron chi connectivity index (χ0n) is 8.74. The van der Waals surface area contributed by atoms with Crippen LogP contribution in [0.1, 0.15) is 0 Å². The van der Waals surface area contributed by atoms with Crippen molar-refractivity contribution in [2.75, 3.05) is 12.0 Å². The van der Waals surface area contributed by atoms with Crippen LogP contribution in [0.25, 0.3) is 0 Å². The molecule has 0 saturated carbocycles. The Bertz CT molecular complexity index is 515. The number of halogens is 2. The average molecular weight is 361 g/mol. The first-order chi connectivity index (χ1) is 8.06. The quantitative estimate of drug-likeness (QED) is 0.761. The highest BCUT2D eigenvalue weighted by atomic mass is 79.9. The van der Waals surface area contributed by atoms with E-state index in [4.69, 9.17) is 4.74 Å². The summed E-state index contributed by atoms with van der Waals surface area (Å²) in [5.41, 5.74) is 0.478. The molecule has 1 heterocycles. The summed E-state index contributed by atoms with van der Waals surface area (Å²) in [6, 6.07) is 6.76. The van der Waals surface area contributed by atoms with E-state index in [-0.39, 0.29) is 8.96 Å². The number of carbonyl (C=O) groups is 2. The van der Waals surface area contributed by atoms with Gasteiger partial charge in [0.05, 0.1) is 12.8 Å². The van der Waals surface area contributed by atoms with Gasteiger partial charge in [-0.2, -0.15) is 0 Å². The van der Waals surface area contributed by atoms with Gasteiger partial charge in [0.25, 0.3) is 11.8 Å². The van der Waals surface area contributed by atoms with E-state index >= 15 is 0 Å². The molecule has 0 N–H and O–H groups in total. The highest BCUT2D eigenvalue weighted by Gasteiger charge is 2.37. The predicted molar refractivity (Wildman–Crippen MR) is 70.4 cm³/mol. The lowest BCUT2D eigenvalue weighted by atomic mass is 10.3. The van der Waals surface area contributed by atoms with E-state index in [1.807, 2.05) is 0 Å². The largest absolute Gasteiger partial charge is 0.497 e. The molecule has 17 heavy (non-hydrogen) atoms. The first-order valence-corrected chi connectivity index (χ1v) is 6.23. The van der Waals surface area contributed by atoms with Gasteiger partial charge in [-0.3, -0.25) is 9.59 Å². The van der Waals surface area contributed by atoms with E-state index in [0.29, 0.717) is 11.4 Å². The van der Waals surface area contributed by atoms with Crippen molar-refractivity contribution in [3.05, 3.63) is 33.2 Å². The molecule has 0 aromatic heterocycles. The summed E-state index contributed by atoms with van der Waals surface area (Å²) >= 11 is 6.14. The Hall–Kier alpha value is -1.14. The summed E-state index contributed by atoms with van der Waals surface area (Å²) in [6.45, 7) is 0. The standard InChI is InChI=1S/C11H7Br2NO3/c1-17-7-4-2-3-6(5-7)14-10(15)8(12)9(13)11(14)16/h2-5H,1H3. The lowest BCUT2D eigenvalue weighted by Gasteiger charge is -2.14. The number of ether oxygens (including phenoxy) is 1. The molecule has 6 heteroatoms. The van der Waals surface area contributed by atoms with Crippen LogP contribution in [0, 0.1) is 0 Å². The van der Waals surface area contributed by atoms with Crippen LogP contribution in [-0.4, -0.2) is 18.9 Å². The number of nitrogens with zero attached hydrogens (tertiary/aromatic N) is 1. The molecule has 88 valence electrons. The molecule has 4 nitrogen and oxygen atoms in total. The Morgan fingerprint density at radius 2 is 1.71 bits per heavy atom. The summed E-state index contributed by atoms with van der Waals surface area (Å²) < 4.78 is 5.51. The second kappa shape index (κ2) is 4.62. The summed E-state index contributed by atoms with van der Waals surface area (Å²) in [4.78, 5) is 24.8. The van der Waals surface area contributed by atoms with Crippen molar-refractivity contribution in [3.8, 4) is 5.75 Å². The van der Waals surface area contributed by atoms with Crippen molar-refractivity contribution >= 4 is 49.4 Å².